The van der Waals surface area contributed by atoms with Gasteiger partial charge in [-0.2, -0.15) is 0 Å². The molecule has 2 aromatic carbocycles. The predicted molar refractivity (Wildman–Crippen MR) is 73.5 cm³/mol. The summed E-state index contributed by atoms with van der Waals surface area (Å²) in [6.07, 6.45) is 3.91. The molecule has 0 heteroatoms. The quantitative estimate of drug-likeness (QED) is 0.633. The molecule has 0 aliphatic heterocycles. The zero-order valence-corrected chi connectivity index (χ0v) is 9.85. The molecule has 0 fully saturated rings. The summed E-state index contributed by atoms with van der Waals surface area (Å²) in [7, 11) is 0. The molecule has 0 N–H and O–H groups in total. The Morgan fingerprint density at radius 1 is 0.882 bits per heavy atom. The third-order valence-corrected chi connectivity index (χ3v) is 2.43. The molecule has 0 bridgehead atoms. The molecule has 2 rings (SSSR count). The van der Waals surface area contributed by atoms with Crippen molar-refractivity contribution in [2.75, 3.05) is 0 Å². The van der Waals surface area contributed by atoms with Crippen molar-refractivity contribution >= 4 is 6.08 Å². The van der Waals surface area contributed by atoms with Crippen LogP contribution in [-0.4, -0.2) is 0 Å². The second-order valence-corrected chi connectivity index (χ2v) is 3.88. The molecule has 0 saturated carbocycles. The molecule has 82 valence electrons. The van der Waals surface area contributed by atoms with E-state index < -0.39 is 0 Å². The van der Waals surface area contributed by atoms with Crippen molar-refractivity contribution < 1.29 is 0 Å². The van der Waals surface area contributed by atoms with E-state index in [-0.39, 0.29) is 0 Å². The number of allylic oxidation sites excluding steroid dienone is 1. The highest BCUT2D eigenvalue weighted by Crippen LogP contribution is 2.04. The summed E-state index contributed by atoms with van der Waals surface area (Å²) in [5.41, 5.74) is 3.50. The molecule has 0 radical (unpaired) electrons. The SMILES string of the molecule is Cc1ccc(/C=C\C#Cc2ccccc2)cc1. The maximum Gasteiger partial charge on any atom is 0.0248 e. The molecular weight excluding hydrogens is 204 g/mol. The minimum absolute atomic E-state index is 1.04. The molecule has 2 aromatic rings. The van der Waals surface area contributed by atoms with Gasteiger partial charge in [0, 0.05) is 5.56 Å². The van der Waals surface area contributed by atoms with Gasteiger partial charge in [-0.1, -0.05) is 59.9 Å². The predicted octanol–water partition coefficient (Wildman–Crippen LogP) is 4.06. The van der Waals surface area contributed by atoms with Gasteiger partial charge >= 0.3 is 0 Å². The van der Waals surface area contributed by atoms with Crippen LogP contribution in [0, 0.1) is 18.8 Å². The number of aryl methyl sites for hydroxylation is 1. The molecule has 0 aliphatic rings. The van der Waals surface area contributed by atoms with Gasteiger partial charge in [0.25, 0.3) is 0 Å². The van der Waals surface area contributed by atoms with E-state index in [4.69, 9.17) is 0 Å². The van der Waals surface area contributed by atoms with Gasteiger partial charge in [-0.3, -0.25) is 0 Å². The fourth-order valence-corrected chi connectivity index (χ4v) is 1.46. The first kappa shape index (κ1) is 11.2. The van der Waals surface area contributed by atoms with Gasteiger partial charge in [0.15, 0.2) is 0 Å². The van der Waals surface area contributed by atoms with E-state index in [1.54, 1.807) is 0 Å². The Morgan fingerprint density at radius 2 is 1.59 bits per heavy atom. The van der Waals surface area contributed by atoms with E-state index in [0.717, 1.165) is 5.56 Å². The van der Waals surface area contributed by atoms with Gasteiger partial charge in [0.05, 0.1) is 0 Å². The van der Waals surface area contributed by atoms with Gasteiger partial charge in [0.2, 0.25) is 0 Å². The Hall–Kier alpha value is -2.26. The van der Waals surface area contributed by atoms with Crippen LogP contribution >= 0.6 is 0 Å². The Bertz CT molecular complexity index is 548. The Morgan fingerprint density at radius 3 is 2.29 bits per heavy atom. The number of hydrogen-bond acceptors (Lipinski definition) is 0. The normalized spacial score (nSPS) is 9.94. The third-order valence-electron chi connectivity index (χ3n) is 2.43. The molecular formula is C17H14. The molecule has 0 aromatic heterocycles. The molecule has 17 heavy (non-hydrogen) atoms. The second-order valence-electron chi connectivity index (χ2n) is 3.88. The Balaban J connectivity index is 2.03. The number of rotatable bonds is 1. The van der Waals surface area contributed by atoms with Crippen molar-refractivity contribution in [2.24, 2.45) is 0 Å². The van der Waals surface area contributed by atoms with Gasteiger partial charge < -0.3 is 0 Å². The van der Waals surface area contributed by atoms with Gasteiger partial charge in [-0.05, 0) is 36.8 Å². The maximum atomic E-state index is 3.09. The van der Waals surface area contributed by atoms with E-state index in [1.165, 1.54) is 11.1 Å². The van der Waals surface area contributed by atoms with E-state index in [1.807, 2.05) is 42.5 Å². The Labute approximate surface area is 103 Å². The molecule has 0 nitrogen and oxygen atoms in total. The fourth-order valence-electron chi connectivity index (χ4n) is 1.46. The lowest BCUT2D eigenvalue weighted by Gasteiger charge is -1.92. The van der Waals surface area contributed by atoms with Crippen molar-refractivity contribution in [3.63, 3.8) is 0 Å². The minimum atomic E-state index is 1.04. The molecule has 0 amide bonds. The highest BCUT2D eigenvalue weighted by atomic mass is 13.9. The summed E-state index contributed by atoms with van der Waals surface area (Å²) in [6.45, 7) is 2.09. The van der Waals surface area contributed by atoms with Crippen LogP contribution in [0.4, 0.5) is 0 Å². The lowest BCUT2D eigenvalue weighted by Crippen LogP contribution is -1.73. The first-order chi connectivity index (χ1) is 8.34. The largest absolute Gasteiger partial charge is 0.0696 e. The first-order valence-corrected chi connectivity index (χ1v) is 5.64. The first-order valence-electron chi connectivity index (χ1n) is 5.64. The summed E-state index contributed by atoms with van der Waals surface area (Å²) in [4.78, 5) is 0. The van der Waals surface area contributed by atoms with Crippen molar-refractivity contribution in [1.29, 1.82) is 0 Å². The molecule has 0 aliphatic carbocycles. The third kappa shape index (κ3) is 3.66. The molecule has 0 saturated heterocycles. The number of benzene rings is 2. The summed E-state index contributed by atoms with van der Waals surface area (Å²) in [6, 6.07) is 18.4. The smallest absolute Gasteiger partial charge is 0.0248 e. The van der Waals surface area contributed by atoms with E-state index in [2.05, 4.69) is 43.0 Å². The zero-order valence-electron chi connectivity index (χ0n) is 9.85. The molecule has 0 heterocycles. The van der Waals surface area contributed by atoms with Crippen LogP contribution in [0.3, 0.4) is 0 Å². The lowest BCUT2D eigenvalue weighted by atomic mass is 10.1. The van der Waals surface area contributed by atoms with Crippen molar-refractivity contribution in [2.45, 2.75) is 6.92 Å². The monoisotopic (exact) mass is 218 g/mol. The van der Waals surface area contributed by atoms with Crippen LogP contribution in [-0.2, 0) is 0 Å². The standard InChI is InChI=1S/C17H14/c1-15-11-13-17(14-12-15)10-6-5-9-16-7-3-2-4-8-16/h2-4,6-8,10-14H,1H3/b10-6-. The van der Waals surface area contributed by atoms with Crippen molar-refractivity contribution in [3.8, 4) is 11.8 Å². The maximum absolute atomic E-state index is 3.09. The summed E-state index contributed by atoms with van der Waals surface area (Å²) < 4.78 is 0. The average Bonchev–Trinajstić information content (AvgIpc) is 2.38. The Kier molecular flexibility index (Phi) is 3.78. The van der Waals surface area contributed by atoms with Crippen LogP contribution in [0.25, 0.3) is 6.08 Å². The molecule has 0 atom stereocenters. The van der Waals surface area contributed by atoms with Crippen molar-refractivity contribution in [1.82, 2.24) is 0 Å². The molecule has 0 spiro atoms. The van der Waals surface area contributed by atoms with Gasteiger partial charge in [0.1, 0.15) is 0 Å². The van der Waals surface area contributed by atoms with Crippen LogP contribution in [0.5, 0.6) is 0 Å². The molecule has 0 unspecified atom stereocenters. The summed E-state index contributed by atoms with van der Waals surface area (Å²) in [5, 5.41) is 0. The van der Waals surface area contributed by atoms with E-state index in [0.29, 0.717) is 0 Å². The van der Waals surface area contributed by atoms with Crippen molar-refractivity contribution in [3.05, 3.63) is 77.4 Å². The minimum Gasteiger partial charge on any atom is -0.0696 e. The van der Waals surface area contributed by atoms with Crippen LogP contribution in [0.1, 0.15) is 16.7 Å². The summed E-state index contributed by atoms with van der Waals surface area (Å²) >= 11 is 0. The van der Waals surface area contributed by atoms with Crippen LogP contribution in [0.2, 0.25) is 0 Å². The number of hydrogen-bond donors (Lipinski definition) is 0. The van der Waals surface area contributed by atoms with Crippen LogP contribution < -0.4 is 0 Å². The van der Waals surface area contributed by atoms with Gasteiger partial charge in [-0.15, -0.1) is 0 Å². The highest BCUT2D eigenvalue weighted by molar-refractivity contribution is 5.54. The fraction of sp³-hybridized carbons (Fsp3) is 0.0588. The summed E-state index contributed by atoms with van der Waals surface area (Å²) in [5.74, 6) is 6.12. The topological polar surface area (TPSA) is 0 Å². The van der Waals surface area contributed by atoms with E-state index >= 15 is 0 Å². The lowest BCUT2D eigenvalue weighted by molar-refractivity contribution is 1.46. The second kappa shape index (κ2) is 5.72. The zero-order chi connectivity index (χ0) is 11.9. The van der Waals surface area contributed by atoms with Crippen LogP contribution in [0.15, 0.2) is 60.7 Å². The average molecular weight is 218 g/mol. The van der Waals surface area contributed by atoms with E-state index in [9.17, 15) is 0 Å². The highest BCUT2D eigenvalue weighted by Gasteiger charge is 1.84. The van der Waals surface area contributed by atoms with Gasteiger partial charge in [-0.25, -0.2) is 0 Å².